The van der Waals surface area contributed by atoms with Crippen LogP contribution in [0.25, 0.3) is 5.57 Å². The Balaban J connectivity index is 0.00000121. The topological polar surface area (TPSA) is 0 Å². The van der Waals surface area contributed by atoms with E-state index < -0.39 is 0 Å². The Morgan fingerprint density at radius 1 is 1.12 bits per heavy atom. The highest BCUT2D eigenvalue weighted by atomic mass is 14.1. The lowest BCUT2D eigenvalue weighted by Crippen LogP contribution is -1.89. The molecule has 0 heteroatoms. The van der Waals surface area contributed by atoms with Crippen LogP contribution in [-0.2, 0) is 6.42 Å². The zero-order chi connectivity index (χ0) is 13.1. The second-order valence-corrected chi connectivity index (χ2v) is 3.46. The fraction of sp³-hybridized carbons (Fsp3) is 0.176. The SMILES string of the molecule is C=C.C=C(/C=C\C)c1ccccc1C/C=C/C. The van der Waals surface area contributed by atoms with Crippen molar-refractivity contribution < 1.29 is 0 Å². The summed E-state index contributed by atoms with van der Waals surface area (Å²) in [7, 11) is 0. The van der Waals surface area contributed by atoms with E-state index in [9.17, 15) is 0 Å². The van der Waals surface area contributed by atoms with Gasteiger partial charge in [0.25, 0.3) is 0 Å². The van der Waals surface area contributed by atoms with E-state index in [4.69, 9.17) is 0 Å². The molecule has 0 N–H and O–H groups in total. The lowest BCUT2D eigenvalue weighted by molar-refractivity contribution is 1.25. The van der Waals surface area contributed by atoms with Crippen LogP contribution in [0.3, 0.4) is 0 Å². The van der Waals surface area contributed by atoms with E-state index in [1.165, 1.54) is 11.1 Å². The van der Waals surface area contributed by atoms with Gasteiger partial charge in [-0.1, -0.05) is 55.1 Å². The summed E-state index contributed by atoms with van der Waals surface area (Å²) in [4.78, 5) is 0. The Morgan fingerprint density at radius 2 is 1.76 bits per heavy atom. The van der Waals surface area contributed by atoms with Crippen LogP contribution in [0.2, 0.25) is 0 Å². The molecule has 1 aromatic rings. The van der Waals surface area contributed by atoms with Gasteiger partial charge in [-0.25, -0.2) is 0 Å². The van der Waals surface area contributed by atoms with Gasteiger partial charge in [-0.3, -0.25) is 0 Å². The third-order valence-corrected chi connectivity index (χ3v) is 2.30. The summed E-state index contributed by atoms with van der Waals surface area (Å²) in [6, 6.07) is 8.42. The van der Waals surface area contributed by atoms with Crippen molar-refractivity contribution in [3.8, 4) is 0 Å². The van der Waals surface area contributed by atoms with Gasteiger partial charge in [-0.05, 0) is 37.0 Å². The Morgan fingerprint density at radius 3 is 2.35 bits per heavy atom. The summed E-state index contributed by atoms with van der Waals surface area (Å²) in [6.45, 7) is 14.1. The summed E-state index contributed by atoms with van der Waals surface area (Å²) >= 11 is 0. The van der Waals surface area contributed by atoms with E-state index in [1.54, 1.807) is 0 Å². The highest BCUT2D eigenvalue weighted by Gasteiger charge is 2.00. The molecule has 0 unspecified atom stereocenters. The van der Waals surface area contributed by atoms with Gasteiger partial charge in [-0.15, -0.1) is 13.2 Å². The number of hydrogen-bond donors (Lipinski definition) is 0. The normalized spacial score (nSPS) is 10.2. The fourth-order valence-electron chi connectivity index (χ4n) is 1.55. The van der Waals surface area contributed by atoms with Gasteiger partial charge < -0.3 is 0 Å². The van der Waals surface area contributed by atoms with Crippen LogP contribution in [0, 0.1) is 0 Å². The van der Waals surface area contributed by atoms with Gasteiger partial charge in [-0.2, -0.15) is 0 Å². The average Bonchev–Trinajstić information content (AvgIpc) is 2.39. The van der Waals surface area contributed by atoms with Gasteiger partial charge in [0.1, 0.15) is 0 Å². The molecular weight excluding hydrogens is 204 g/mol. The molecule has 90 valence electrons. The van der Waals surface area contributed by atoms with Crippen LogP contribution in [0.1, 0.15) is 25.0 Å². The molecule has 17 heavy (non-hydrogen) atoms. The molecule has 0 radical (unpaired) electrons. The van der Waals surface area contributed by atoms with Crippen LogP contribution in [0.15, 0.2) is 68.3 Å². The quantitative estimate of drug-likeness (QED) is 0.489. The molecule has 0 amide bonds. The third kappa shape index (κ3) is 5.17. The largest absolute Gasteiger partial charge is 0.106 e. The standard InChI is InChI=1S/C15H18.C2H4/c1-4-6-10-14-11-7-8-12-15(14)13(3)9-5-2;1-2/h4-9,11-12H,3,10H2,1-2H3;1-2H2/b6-4+,9-5-;. The molecule has 0 heterocycles. The Hall–Kier alpha value is -1.82. The summed E-state index contributed by atoms with van der Waals surface area (Å²) < 4.78 is 0. The summed E-state index contributed by atoms with van der Waals surface area (Å²) in [5.74, 6) is 0. The lowest BCUT2D eigenvalue weighted by atomic mass is 9.98. The molecule has 0 atom stereocenters. The summed E-state index contributed by atoms with van der Waals surface area (Å²) in [6.07, 6.45) is 9.30. The minimum atomic E-state index is 0.975. The maximum absolute atomic E-state index is 4.07. The summed E-state index contributed by atoms with van der Waals surface area (Å²) in [5, 5.41) is 0. The van der Waals surface area contributed by atoms with Crippen molar-refractivity contribution >= 4 is 5.57 Å². The molecule has 0 aliphatic heterocycles. The molecule has 0 nitrogen and oxygen atoms in total. The molecule has 0 aliphatic carbocycles. The zero-order valence-corrected chi connectivity index (χ0v) is 10.9. The van der Waals surface area contributed by atoms with Crippen LogP contribution >= 0.6 is 0 Å². The van der Waals surface area contributed by atoms with E-state index in [1.807, 2.05) is 19.9 Å². The predicted molar refractivity (Wildman–Crippen MR) is 80.1 cm³/mol. The Kier molecular flexibility index (Phi) is 8.40. The second-order valence-electron chi connectivity index (χ2n) is 3.46. The molecule has 0 saturated carbocycles. The van der Waals surface area contributed by atoms with Crippen molar-refractivity contribution in [3.63, 3.8) is 0 Å². The summed E-state index contributed by atoms with van der Waals surface area (Å²) in [5.41, 5.74) is 3.66. The zero-order valence-electron chi connectivity index (χ0n) is 10.9. The molecule has 0 aliphatic rings. The van der Waals surface area contributed by atoms with Crippen molar-refractivity contribution in [1.29, 1.82) is 0 Å². The van der Waals surface area contributed by atoms with E-state index in [0.717, 1.165) is 12.0 Å². The van der Waals surface area contributed by atoms with Gasteiger partial charge in [0, 0.05) is 0 Å². The highest BCUT2D eigenvalue weighted by Crippen LogP contribution is 2.19. The third-order valence-electron chi connectivity index (χ3n) is 2.30. The second kappa shape index (κ2) is 9.41. The number of hydrogen-bond acceptors (Lipinski definition) is 0. The van der Waals surface area contributed by atoms with E-state index in [0.29, 0.717) is 0 Å². The number of allylic oxidation sites excluding steroid dienone is 5. The van der Waals surface area contributed by atoms with E-state index in [2.05, 4.69) is 62.2 Å². The average molecular weight is 226 g/mol. The van der Waals surface area contributed by atoms with Crippen molar-refractivity contribution in [2.24, 2.45) is 0 Å². The van der Waals surface area contributed by atoms with Crippen LogP contribution < -0.4 is 0 Å². The maximum Gasteiger partial charge on any atom is -0.00914 e. The van der Waals surface area contributed by atoms with E-state index >= 15 is 0 Å². The molecule has 0 fully saturated rings. The molecule has 0 bridgehead atoms. The highest BCUT2D eigenvalue weighted by molar-refractivity contribution is 5.74. The van der Waals surface area contributed by atoms with Gasteiger partial charge in [0.05, 0.1) is 0 Å². The minimum Gasteiger partial charge on any atom is -0.106 e. The first kappa shape index (κ1) is 15.2. The minimum absolute atomic E-state index is 0.975. The molecule has 0 saturated heterocycles. The maximum atomic E-state index is 4.07. The predicted octanol–water partition coefficient (Wildman–Crippen LogP) is 5.20. The van der Waals surface area contributed by atoms with Crippen molar-refractivity contribution in [2.45, 2.75) is 20.3 Å². The lowest BCUT2D eigenvalue weighted by Gasteiger charge is -2.07. The van der Waals surface area contributed by atoms with E-state index in [-0.39, 0.29) is 0 Å². The molecule has 0 aromatic heterocycles. The molecule has 1 aromatic carbocycles. The number of benzene rings is 1. The first-order chi connectivity index (χ1) is 8.29. The van der Waals surface area contributed by atoms with Gasteiger partial charge in [0.2, 0.25) is 0 Å². The van der Waals surface area contributed by atoms with Crippen LogP contribution in [-0.4, -0.2) is 0 Å². The molecule has 1 rings (SSSR count). The number of rotatable bonds is 4. The molecule has 0 spiro atoms. The first-order valence-corrected chi connectivity index (χ1v) is 5.80. The van der Waals surface area contributed by atoms with Gasteiger partial charge >= 0.3 is 0 Å². The first-order valence-electron chi connectivity index (χ1n) is 5.80. The Bertz CT molecular complexity index is 394. The van der Waals surface area contributed by atoms with Crippen molar-refractivity contribution in [3.05, 3.63) is 79.4 Å². The van der Waals surface area contributed by atoms with Crippen LogP contribution in [0.4, 0.5) is 0 Å². The van der Waals surface area contributed by atoms with Crippen molar-refractivity contribution in [1.82, 2.24) is 0 Å². The van der Waals surface area contributed by atoms with Gasteiger partial charge in [0.15, 0.2) is 0 Å². The monoisotopic (exact) mass is 226 g/mol. The van der Waals surface area contributed by atoms with Crippen molar-refractivity contribution in [2.75, 3.05) is 0 Å². The van der Waals surface area contributed by atoms with Crippen LogP contribution in [0.5, 0.6) is 0 Å². The Labute approximate surface area is 106 Å². The fourth-order valence-corrected chi connectivity index (χ4v) is 1.55. The smallest absolute Gasteiger partial charge is 0.00914 e. The molecular formula is C17H22.